The summed E-state index contributed by atoms with van der Waals surface area (Å²) >= 11 is 0. The number of hydrogen-bond donors (Lipinski definition) is 1. The summed E-state index contributed by atoms with van der Waals surface area (Å²) in [6.07, 6.45) is 0.898. The van der Waals surface area contributed by atoms with Gasteiger partial charge in [0, 0.05) is 50.9 Å². The molecule has 2 unspecified atom stereocenters. The molecule has 2 aromatic carbocycles. The van der Waals surface area contributed by atoms with E-state index < -0.39 is 0 Å². The van der Waals surface area contributed by atoms with Gasteiger partial charge in [-0.05, 0) is 18.1 Å². The SMILES string of the molecule is COc1ccccc1CN1CC2(C1)CN(C(=O)Cc1ccccc1)CC1CC(O)CN12. The van der Waals surface area contributed by atoms with Gasteiger partial charge in [0.25, 0.3) is 0 Å². The molecule has 6 heteroatoms. The Labute approximate surface area is 184 Å². The molecule has 1 N–H and O–H groups in total. The lowest BCUT2D eigenvalue weighted by Gasteiger charge is -2.61. The summed E-state index contributed by atoms with van der Waals surface area (Å²) in [4.78, 5) is 20.1. The van der Waals surface area contributed by atoms with Crippen LogP contribution in [0.15, 0.2) is 54.6 Å². The van der Waals surface area contributed by atoms with Gasteiger partial charge in [-0.1, -0.05) is 48.5 Å². The van der Waals surface area contributed by atoms with Crippen molar-refractivity contribution in [3.63, 3.8) is 0 Å². The maximum atomic E-state index is 13.1. The van der Waals surface area contributed by atoms with Crippen LogP contribution in [0.2, 0.25) is 0 Å². The summed E-state index contributed by atoms with van der Waals surface area (Å²) < 4.78 is 5.52. The van der Waals surface area contributed by atoms with Crippen LogP contribution in [-0.4, -0.2) is 83.2 Å². The molecule has 3 fully saturated rings. The zero-order valence-corrected chi connectivity index (χ0v) is 18.1. The molecule has 3 heterocycles. The molecule has 3 aliphatic heterocycles. The largest absolute Gasteiger partial charge is 0.496 e. The van der Waals surface area contributed by atoms with Crippen molar-refractivity contribution in [1.82, 2.24) is 14.7 Å². The van der Waals surface area contributed by atoms with Crippen molar-refractivity contribution in [2.45, 2.75) is 37.1 Å². The van der Waals surface area contributed by atoms with Gasteiger partial charge in [-0.25, -0.2) is 0 Å². The first-order chi connectivity index (χ1) is 15.1. The second-order valence-corrected chi connectivity index (χ2v) is 9.31. The van der Waals surface area contributed by atoms with Crippen molar-refractivity contribution in [2.75, 3.05) is 39.8 Å². The van der Waals surface area contributed by atoms with Crippen molar-refractivity contribution < 1.29 is 14.6 Å². The van der Waals surface area contributed by atoms with E-state index in [1.54, 1.807) is 7.11 Å². The summed E-state index contributed by atoms with van der Waals surface area (Å²) in [7, 11) is 1.71. The van der Waals surface area contributed by atoms with Crippen LogP contribution in [-0.2, 0) is 17.8 Å². The number of likely N-dealkylation sites (tertiary alicyclic amines) is 1. The highest BCUT2D eigenvalue weighted by atomic mass is 16.5. The van der Waals surface area contributed by atoms with E-state index in [2.05, 4.69) is 15.9 Å². The maximum Gasteiger partial charge on any atom is 0.227 e. The van der Waals surface area contributed by atoms with E-state index in [0.717, 1.165) is 50.5 Å². The second kappa shape index (κ2) is 8.26. The zero-order chi connectivity index (χ0) is 21.4. The maximum absolute atomic E-state index is 13.1. The number of carbonyl (C=O) groups is 1. The molecule has 2 atom stereocenters. The van der Waals surface area contributed by atoms with Gasteiger partial charge in [0.2, 0.25) is 5.91 Å². The minimum absolute atomic E-state index is 0.0608. The molecule has 0 aromatic heterocycles. The van der Waals surface area contributed by atoms with E-state index in [4.69, 9.17) is 4.74 Å². The molecule has 0 saturated carbocycles. The number of benzene rings is 2. The third kappa shape index (κ3) is 3.95. The number of rotatable bonds is 5. The molecule has 0 aliphatic carbocycles. The van der Waals surface area contributed by atoms with Crippen LogP contribution >= 0.6 is 0 Å². The molecular formula is C25H31N3O3. The number of nitrogens with zero attached hydrogens (tertiary/aromatic N) is 3. The first-order valence-corrected chi connectivity index (χ1v) is 11.2. The number of hydrogen-bond acceptors (Lipinski definition) is 5. The van der Waals surface area contributed by atoms with Gasteiger partial charge >= 0.3 is 0 Å². The Hall–Kier alpha value is -2.41. The van der Waals surface area contributed by atoms with Crippen molar-refractivity contribution >= 4 is 5.91 Å². The molecule has 0 bridgehead atoms. The molecular weight excluding hydrogens is 390 g/mol. The zero-order valence-electron chi connectivity index (χ0n) is 18.1. The molecule has 5 rings (SSSR count). The fourth-order valence-corrected chi connectivity index (χ4v) is 5.74. The lowest BCUT2D eigenvalue weighted by atomic mass is 9.83. The van der Waals surface area contributed by atoms with Crippen LogP contribution < -0.4 is 4.74 Å². The van der Waals surface area contributed by atoms with Gasteiger partial charge in [-0.3, -0.25) is 14.6 Å². The van der Waals surface area contributed by atoms with Crippen molar-refractivity contribution in [3.8, 4) is 5.75 Å². The topological polar surface area (TPSA) is 56.3 Å². The van der Waals surface area contributed by atoms with Gasteiger partial charge in [-0.2, -0.15) is 0 Å². The van der Waals surface area contributed by atoms with E-state index in [1.807, 2.05) is 53.4 Å². The molecule has 3 saturated heterocycles. The molecule has 31 heavy (non-hydrogen) atoms. The Morgan fingerprint density at radius 1 is 1.06 bits per heavy atom. The van der Waals surface area contributed by atoms with Gasteiger partial charge in [0.15, 0.2) is 0 Å². The number of ether oxygens (including phenoxy) is 1. The fourth-order valence-electron chi connectivity index (χ4n) is 5.74. The van der Waals surface area contributed by atoms with Crippen molar-refractivity contribution in [1.29, 1.82) is 0 Å². The van der Waals surface area contributed by atoms with Crippen molar-refractivity contribution in [3.05, 3.63) is 65.7 Å². The molecule has 3 aliphatic rings. The van der Waals surface area contributed by atoms with E-state index in [9.17, 15) is 9.90 Å². The second-order valence-electron chi connectivity index (χ2n) is 9.31. The van der Waals surface area contributed by atoms with E-state index in [-0.39, 0.29) is 23.6 Å². The monoisotopic (exact) mass is 421 g/mol. The predicted octanol–water partition coefficient (Wildman–Crippen LogP) is 1.77. The summed E-state index contributed by atoms with van der Waals surface area (Å²) in [6.45, 7) is 4.83. The van der Waals surface area contributed by atoms with Gasteiger partial charge in [-0.15, -0.1) is 0 Å². The van der Waals surface area contributed by atoms with Crippen LogP contribution in [0.3, 0.4) is 0 Å². The molecule has 6 nitrogen and oxygen atoms in total. The van der Waals surface area contributed by atoms with Crippen LogP contribution in [0.4, 0.5) is 0 Å². The highest BCUT2D eigenvalue weighted by Gasteiger charge is 2.56. The normalized spacial score (nSPS) is 25.3. The number of aliphatic hydroxyl groups is 1. The lowest BCUT2D eigenvalue weighted by molar-refractivity contribution is -0.150. The number of fused-ring (bicyclic) bond motifs is 2. The summed E-state index contributed by atoms with van der Waals surface area (Å²) in [5.74, 6) is 1.11. The molecule has 1 amide bonds. The smallest absolute Gasteiger partial charge is 0.227 e. The highest BCUT2D eigenvalue weighted by molar-refractivity contribution is 5.79. The van der Waals surface area contributed by atoms with Crippen LogP contribution in [0.25, 0.3) is 0 Å². The number of amides is 1. The predicted molar refractivity (Wildman–Crippen MR) is 119 cm³/mol. The van der Waals surface area contributed by atoms with E-state index in [0.29, 0.717) is 13.0 Å². The summed E-state index contributed by atoms with van der Waals surface area (Å²) in [5.41, 5.74) is 2.18. The minimum atomic E-state index is -0.297. The van der Waals surface area contributed by atoms with Gasteiger partial charge in [0.1, 0.15) is 5.75 Å². The highest BCUT2D eigenvalue weighted by Crippen LogP contribution is 2.40. The van der Waals surface area contributed by atoms with Crippen LogP contribution in [0.5, 0.6) is 5.75 Å². The Balaban J connectivity index is 1.30. The minimum Gasteiger partial charge on any atom is -0.496 e. The first-order valence-electron chi connectivity index (χ1n) is 11.2. The Kier molecular flexibility index (Phi) is 5.46. The Bertz CT molecular complexity index is 929. The number of methoxy groups -OCH3 is 1. The van der Waals surface area contributed by atoms with E-state index >= 15 is 0 Å². The number of aliphatic hydroxyl groups excluding tert-OH is 1. The van der Waals surface area contributed by atoms with E-state index in [1.165, 1.54) is 5.56 Å². The number of para-hydroxylation sites is 1. The standard InChI is InChI=1S/C25H31N3O3/c1-31-23-10-6-5-9-20(23)13-26-16-25(17-26)18-27(14-21-12-22(29)15-28(21)25)24(30)11-19-7-3-2-4-8-19/h2-10,21-22,29H,11-18H2,1H3. The third-order valence-corrected chi connectivity index (χ3v) is 7.09. The molecule has 2 aromatic rings. The number of β-amino-alcohol motifs (C(OH)–C–C–N with tert-alkyl or cyclic N) is 1. The van der Waals surface area contributed by atoms with Gasteiger partial charge in [0.05, 0.1) is 25.2 Å². The lowest BCUT2D eigenvalue weighted by Crippen LogP contribution is -2.78. The first kappa shape index (κ1) is 20.5. The quantitative estimate of drug-likeness (QED) is 0.798. The number of piperazine rings is 1. The third-order valence-electron chi connectivity index (χ3n) is 7.09. The fraction of sp³-hybridized carbons (Fsp3) is 0.480. The van der Waals surface area contributed by atoms with Crippen LogP contribution in [0.1, 0.15) is 17.5 Å². The molecule has 164 valence electrons. The van der Waals surface area contributed by atoms with Crippen LogP contribution in [0, 0.1) is 0 Å². The Morgan fingerprint density at radius 3 is 2.58 bits per heavy atom. The average Bonchev–Trinajstić information content (AvgIpc) is 3.14. The van der Waals surface area contributed by atoms with Crippen molar-refractivity contribution in [2.24, 2.45) is 0 Å². The Morgan fingerprint density at radius 2 is 1.81 bits per heavy atom. The molecule has 0 radical (unpaired) electrons. The van der Waals surface area contributed by atoms with Gasteiger partial charge < -0.3 is 14.7 Å². The molecule has 1 spiro atoms. The number of carbonyl (C=O) groups excluding carboxylic acids is 1. The summed E-state index contributed by atoms with van der Waals surface area (Å²) in [6, 6.07) is 18.4. The summed E-state index contributed by atoms with van der Waals surface area (Å²) in [5, 5.41) is 10.4. The average molecular weight is 422 g/mol.